The Balaban J connectivity index is 2.29. The maximum atomic E-state index is 11.9. The summed E-state index contributed by atoms with van der Waals surface area (Å²) in [7, 11) is 0. The first-order valence-corrected chi connectivity index (χ1v) is 9.81. The van der Waals surface area contributed by atoms with Gasteiger partial charge in [-0.1, -0.05) is 65.8 Å². The van der Waals surface area contributed by atoms with E-state index in [9.17, 15) is 9.59 Å². The van der Waals surface area contributed by atoms with Crippen LogP contribution in [0.4, 0.5) is 0 Å². The zero-order chi connectivity index (χ0) is 19.8. The molecule has 1 amide bonds. The molecule has 0 heterocycles. The highest BCUT2D eigenvalue weighted by Gasteiger charge is 2.16. The maximum absolute atomic E-state index is 11.9. The average molecular weight is 360 g/mol. The first-order chi connectivity index (χ1) is 11.9. The molecule has 0 aliphatic heterocycles. The van der Waals surface area contributed by atoms with E-state index >= 15 is 0 Å². The molecule has 1 aromatic carbocycles. The molecule has 0 bridgehead atoms. The first-order valence-electron chi connectivity index (χ1n) is 9.81. The highest BCUT2D eigenvalue weighted by Crippen LogP contribution is 2.20. The summed E-state index contributed by atoms with van der Waals surface area (Å²) in [6, 6.07) is 8.53. The molecule has 0 fully saturated rings. The number of ketones is 1. The Labute approximate surface area is 160 Å². The van der Waals surface area contributed by atoms with E-state index in [1.54, 1.807) is 0 Å². The quantitative estimate of drug-likeness (QED) is 0.666. The normalized spacial score (nSPS) is 12.1. The van der Waals surface area contributed by atoms with Crippen molar-refractivity contribution in [2.75, 3.05) is 6.54 Å². The Hall–Kier alpha value is -1.64. The van der Waals surface area contributed by atoms with Crippen molar-refractivity contribution in [3.63, 3.8) is 0 Å². The highest BCUT2D eigenvalue weighted by molar-refractivity contribution is 5.79. The summed E-state index contributed by atoms with van der Waals surface area (Å²) in [4.78, 5) is 23.8. The van der Waals surface area contributed by atoms with Gasteiger partial charge in [-0.25, -0.2) is 0 Å². The summed E-state index contributed by atoms with van der Waals surface area (Å²) in [5.41, 5.74) is 2.61. The first kappa shape index (κ1) is 22.4. The molecular weight excluding hydrogens is 322 g/mol. The molecule has 0 spiro atoms. The molecule has 0 unspecified atom stereocenters. The fourth-order valence-electron chi connectivity index (χ4n) is 2.93. The average Bonchev–Trinajstić information content (AvgIpc) is 2.45. The number of carbonyl (C=O) groups excluding carboxylic acids is 2. The van der Waals surface area contributed by atoms with Crippen LogP contribution >= 0.6 is 0 Å². The van der Waals surface area contributed by atoms with E-state index in [2.05, 4.69) is 71.1 Å². The topological polar surface area (TPSA) is 46.2 Å². The number of aryl methyl sites for hydroxylation is 1. The van der Waals surface area contributed by atoms with Crippen LogP contribution in [0.15, 0.2) is 24.3 Å². The van der Waals surface area contributed by atoms with Gasteiger partial charge in [0.2, 0.25) is 5.91 Å². The van der Waals surface area contributed by atoms with Crippen molar-refractivity contribution in [1.82, 2.24) is 5.32 Å². The van der Waals surface area contributed by atoms with Gasteiger partial charge in [-0.15, -0.1) is 0 Å². The second-order valence-corrected chi connectivity index (χ2v) is 9.78. The van der Waals surface area contributed by atoms with Gasteiger partial charge in [-0.05, 0) is 41.2 Å². The molecular formula is C23H37NO2. The largest absolute Gasteiger partial charge is 0.356 e. The molecule has 0 atom stereocenters. The lowest BCUT2D eigenvalue weighted by atomic mass is 9.88. The van der Waals surface area contributed by atoms with E-state index in [1.807, 2.05) is 0 Å². The molecule has 26 heavy (non-hydrogen) atoms. The monoisotopic (exact) mass is 359 g/mol. The van der Waals surface area contributed by atoms with Crippen molar-refractivity contribution in [2.24, 2.45) is 10.8 Å². The molecule has 0 radical (unpaired) electrons. The molecule has 1 N–H and O–H groups in total. The summed E-state index contributed by atoms with van der Waals surface area (Å²) >= 11 is 0. The SMILES string of the molecule is CC(C)(C)CC(=O)CCCc1ccc(CCNC(=O)CC(C)(C)C)cc1. The number of nitrogens with one attached hydrogen (secondary N) is 1. The van der Waals surface area contributed by atoms with Crippen LogP contribution in [0, 0.1) is 10.8 Å². The van der Waals surface area contributed by atoms with Gasteiger partial charge in [0.25, 0.3) is 0 Å². The number of hydrogen-bond donors (Lipinski definition) is 1. The molecule has 3 heteroatoms. The third-order valence-corrected chi connectivity index (χ3v) is 4.10. The van der Waals surface area contributed by atoms with Gasteiger partial charge in [0.1, 0.15) is 5.78 Å². The van der Waals surface area contributed by atoms with E-state index in [-0.39, 0.29) is 16.7 Å². The van der Waals surface area contributed by atoms with E-state index in [4.69, 9.17) is 0 Å². The van der Waals surface area contributed by atoms with Gasteiger partial charge in [0, 0.05) is 25.8 Å². The van der Waals surface area contributed by atoms with Crippen LogP contribution in [0.1, 0.15) is 78.4 Å². The Kier molecular flexibility index (Phi) is 8.52. The lowest BCUT2D eigenvalue weighted by Gasteiger charge is -2.17. The zero-order valence-corrected chi connectivity index (χ0v) is 17.6. The predicted octanol–water partition coefficient (Wildman–Crippen LogP) is 5.11. The van der Waals surface area contributed by atoms with Crippen LogP contribution in [0.3, 0.4) is 0 Å². The molecule has 1 aromatic rings. The summed E-state index contributed by atoms with van der Waals surface area (Å²) in [5, 5.41) is 2.99. The van der Waals surface area contributed by atoms with Crippen molar-refractivity contribution in [3.8, 4) is 0 Å². The van der Waals surface area contributed by atoms with Gasteiger partial charge >= 0.3 is 0 Å². The van der Waals surface area contributed by atoms with Gasteiger partial charge < -0.3 is 5.32 Å². The summed E-state index contributed by atoms with van der Waals surface area (Å²) in [6.45, 7) is 13.2. The summed E-state index contributed by atoms with van der Waals surface area (Å²) in [6.07, 6.45) is 4.58. The molecule has 1 rings (SSSR count). The standard InChI is InChI=1S/C23H37NO2/c1-22(2,3)16-20(25)9-7-8-18-10-12-19(13-11-18)14-15-24-21(26)17-23(4,5)6/h10-13H,7-9,14-17H2,1-6H3,(H,24,26). The van der Waals surface area contributed by atoms with Crippen LogP contribution in [-0.2, 0) is 22.4 Å². The van der Waals surface area contributed by atoms with Gasteiger partial charge in [-0.2, -0.15) is 0 Å². The van der Waals surface area contributed by atoms with Crippen LogP contribution in [0.5, 0.6) is 0 Å². The van der Waals surface area contributed by atoms with Crippen molar-refractivity contribution in [2.45, 2.75) is 80.1 Å². The van der Waals surface area contributed by atoms with Gasteiger partial charge in [0.15, 0.2) is 0 Å². The second-order valence-electron chi connectivity index (χ2n) is 9.78. The lowest BCUT2D eigenvalue weighted by Crippen LogP contribution is -2.29. The van der Waals surface area contributed by atoms with Crippen LogP contribution in [0.25, 0.3) is 0 Å². The van der Waals surface area contributed by atoms with E-state index in [0.29, 0.717) is 31.6 Å². The molecule has 0 aliphatic rings. The van der Waals surface area contributed by atoms with Crippen molar-refractivity contribution >= 4 is 11.7 Å². The molecule has 146 valence electrons. The number of carbonyl (C=O) groups is 2. The van der Waals surface area contributed by atoms with Crippen molar-refractivity contribution in [1.29, 1.82) is 0 Å². The lowest BCUT2D eigenvalue weighted by molar-refractivity contribution is -0.123. The van der Waals surface area contributed by atoms with Crippen LogP contribution in [0.2, 0.25) is 0 Å². The van der Waals surface area contributed by atoms with E-state index < -0.39 is 0 Å². The second kappa shape index (κ2) is 9.89. The molecule has 0 saturated carbocycles. The van der Waals surface area contributed by atoms with Crippen LogP contribution < -0.4 is 5.32 Å². The number of Topliss-reactive ketones (excluding diaryl/α,β-unsaturated/α-hetero) is 1. The minimum Gasteiger partial charge on any atom is -0.356 e. The Morgan fingerprint density at radius 2 is 1.31 bits per heavy atom. The van der Waals surface area contributed by atoms with Gasteiger partial charge in [-0.3, -0.25) is 9.59 Å². The van der Waals surface area contributed by atoms with Crippen molar-refractivity contribution in [3.05, 3.63) is 35.4 Å². The Morgan fingerprint density at radius 1 is 0.808 bits per heavy atom. The van der Waals surface area contributed by atoms with E-state index in [1.165, 1.54) is 11.1 Å². The summed E-state index contributed by atoms with van der Waals surface area (Å²) in [5.74, 6) is 0.481. The highest BCUT2D eigenvalue weighted by atomic mass is 16.1. The number of rotatable bonds is 9. The Morgan fingerprint density at radius 3 is 1.81 bits per heavy atom. The minimum absolute atomic E-state index is 0.0278. The third kappa shape index (κ3) is 11.1. The van der Waals surface area contributed by atoms with Crippen LogP contribution in [-0.4, -0.2) is 18.2 Å². The minimum atomic E-state index is 0.0278. The number of benzene rings is 1. The summed E-state index contributed by atoms with van der Waals surface area (Å²) < 4.78 is 0. The molecule has 0 aliphatic carbocycles. The fraction of sp³-hybridized carbons (Fsp3) is 0.652. The number of amides is 1. The predicted molar refractivity (Wildman–Crippen MR) is 109 cm³/mol. The third-order valence-electron chi connectivity index (χ3n) is 4.10. The van der Waals surface area contributed by atoms with Crippen molar-refractivity contribution < 1.29 is 9.59 Å². The number of hydrogen-bond acceptors (Lipinski definition) is 2. The molecule has 3 nitrogen and oxygen atoms in total. The maximum Gasteiger partial charge on any atom is 0.220 e. The zero-order valence-electron chi connectivity index (χ0n) is 17.6. The fourth-order valence-corrected chi connectivity index (χ4v) is 2.93. The smallest absolute Gasteiger partial charge is 0.220 e. The Bertz CT molecular complexity index is 521. The van der Waals surface area contributed by atoms with E-state index in [0.717, 1.165) is 19.3 Å². The molecule has 0 saturated heterocycles. The van der Waals surface area contributed by atoms with Gasteiger partial charge in [0.05, 0.1) is 0 Å². The molecule has 0 aromatic heterocycles.